The molecule has 1 rings (SSSR count). The second-order valence-electron chi connectivity index (χ2n) is 6.13. The summed E-state index contributed by atoms with van der Waals surface area (Å²) in [4.78, 5) is 53.9. The summed E-state index contributed by atoms with van der Waals surface area (Å²) in [6, 6.07) is -3.20. The standard InChI is InChI=1S/C16H26N6O5S/c1-28-5-4-12(16(26)27)22-15(25)11(2-3-13(18)23)21-14(24)10(17)6-9-7-19-8-20-9/h7-8,10-12H,2-6,17H2,1H3,(H2,18,23)(H,19,20)(H,21,24)(H,22,25)(H,26,27). The van der Waals surface area contributed by atoms with Gasteiger partial charge in [-0.15, -0.1) is 0 Å². The van der Waals surface area contributed by atoms with Crippen molar-refractivity contribution >= 4 is 35.5 Å². The quantitative estimate of drug-likeness (QED) is 0.221. The van der Waals surface area contributed by atoms with Crippen molar-refractivity contribution in [3.8, 4) is 0 Å². The van der Waals surface area contributed by atoms with Crippen molar-refractivity contribution in [1.29, 1.82) is 0 Å². The van der Waals surface area contributed by atoms with Crippen LogP contribution in [0.15, 0.2) is 12.5 Å². The molecule has 0 aliphatic rings. The maximum atomic E-state index is 12.5. The summed E-state index contributed by atoms with van der Waals surface area (Å²) >= 11 is 1.44. The summed E-state index contributed by atoms with van der Waals surface area (Å²) in [6.45, 7) is 0. The molecule has 156 valence electrons. The first-order chi connectivity index (χ1) is 13.2. The number of H-pyrrole nitrogens is 1. The van der Waals surface area contributed by atoms with Gasteiger partial charge in [0.25, 0.3) is 0 Å². The van der Waals surface area contributed by atoms with E-state index in [1.54, 1.807) is 0 Å². The first-order valence-electron chi connectivity index (χ1n) is 8.58. The lowest BCUT2D eigenvalue weighted by Gasteiger charge is -2.22. The Morgan fingerprint density at radius 2 is 1.89 bits per heavy atom. The number of imidazole rings is 1. The van der Waals surface area contributed by atoms with Crippen LogP contribution in [0.3, 0.4) is 0 Å². The van der Waals surface area contributed by atoms with Gasteiger partial charge in [0.15, 0.2) is 0 Å². The molecule has 12 heteroatoms. The second-order valence-corrected chi connectivity index (χ2v) is 7.12. The first-order valence-corrected chi connectivity index (χ1v) is 9.97. The number of thioether (sulfide) groups is 1. The van der Waals surface area contributed by atoms with Gasteiger partial charge in [-0.1, -0.05) is 0 Å². The highest BCUT2D eigenvalue weighted by Gasteiger charge is 2.28. The Morgan fingerprint density at radius 1 is 1.21 bits per heavy atom. The molecule has 0 saturated carbocycles. The summed E-state index contributed by atoms with van der Waals surface area (Å²) in [7, 11) is 0. The minimum absolute atomic E-state index is 0.0709. The van der Waals surface area contributed by atoms with E-state index in [1.165, 1.54) is 24.3 Å². The number of rotatable bonds is 13. The molecule has 3 atom stereocenters. The number of nitrogens with zero attached hydrogens (tertiary/aromatic N) is 1. The van der Waals surface area contributed by atoms with Crippen molar-refractivity contribution in [3.63, 3.8) is 0 Å². The highest BCUT2D eigenvalue weighted by atomic mass is 32.2. The Kier molecular flexibility index (Phi) is 10.0. The Balaban J connectivity index is 2.76. The molecule has 0 saturated heterocycles. The van der Waals surface area contributed by atoms with Crippen LogP contribution < -0.4 is 22.1 Å². The highest BCUT2D eigenvalue weighted by Crippen LogP contribution is 2.05. The zero-order valence-electron chi connectivity index (χ0n) is 15.5. The molecule has 11 nitrogen and oxygen atoms in total. The molecule has 0 aromatic carbocycles. The number of aromatic amines is 1. The van der Waals surface area contributed by atoms with Crippen molar-refractivity contribution in [3.05, 3.63) is 18.2 Å². The van der Waals surface area contributed by atoms with Crippen LogP contribution in [0, 0.1) is 0 Å². The van der Waals surface area contributed by atoms with Crippen LogP contribution in [-0.2, 0) is 25.6 Å². The second kappa shape index (κ2) is 12.0. The van der Waals surface area contributed by atoms with Gasteiger partial charge in [0, 0.05) is 24.7 Å². The molecule has 0 aliphatic carbocycles. The average Bonchev–Trinajstić information content (AvgIpc) is 3.14. The van der Waals surface area contributed by atoms with Crippen molar-refractivity contribution in [2.45, 2.75) is 43.8 Å². The Bertz CT molecular complexity index is 668. The van der Waals surface area contributed by atoms with Crippen LogP contribution in [0.5, 0.6) is 0 Å². The molecule has 1 aromatic rings. The largest absolute Gasteiger partial charge is 0.480 e. The number of aromatic nitrogens is 2. The molecule has 8 N–H and O–H groups in total. The predicted molar refractivity (Wildman–Crippen MR) is 103 cm³/mol. The molecule has 3 amide bonds. The Labute approximate surface area is 166 Å². The van der Waals surface area contributed by atoms with E-state index in [-0.39, 0.29) is 25.7 Å². The van der Waals surface area contributed by atoms with Crippen molar-refractivity contribution in [2.75, 3.05) is 12.0 Å². The maximum Gasteiger partial charge on any atom is 0.326 e. The molecule has 0 spiro atoms. The highest BCUT2D eigenvalue weighted by molar-refractivity contribution is 7.98. The fourth-order valence-corrected chi connectivity index (χ4v) is 2.80. The zero-order chi connectivity index (χ0) is 21.1. The number of primary amides is 1. The molecule has 3 unspecified atom stereocenters. The van der Waals surface area contributed by atoms with E-state index in [2.05, 4.69) is 20.6 Å². The topological polar surface area (TPSA) is 193 Å². The van der Waals surface area contributed by atoms with Gasteiger partial charge in [-0.05, 0) is 24.9 Å². The fourth-order valence-electron chi connectivity index (χ4n) is 2.33. The van der Waals surface area contributed by atoms with E-state index in [0.717, 1.165) is 0 Å². The van der Waals surface area contributed by atoms with Gasteiger partial charge in [0.1, 0.15) is 12.1 Å². The number of carbonyl (C=O) groups is 4. The predicted octanol–water partition coefficient (Wildman–Crippen LogP) is -1.65. The number of amides is 3. The number of aliphatic carboxylic acids is 1. The van der Waals surface area contributed by atoms with Gasteiger partial charge in [-0.2, -0.15) is 11.8 Å². The van der Waals surface area contributed by atoms with Gasteiger partial charge >= 0.3 is 5.97 Å². The lowest BCUT2D eigenvalue weighted by molar-refractivity contribution is -0.142. The average molecular weight is 414 g/mol. The first kappa shape index (κ1) is 23.4. The molecule has 0 bridgehead atoms. The number of hydrogen-bond donors (Lipinski definition) is 6. The van der Waals surface area contributed by atoms with Gasteiger partial charge in [-0.25, -0.2) is 9.78 Å². The summed E-state index contributed by atoms with van der Waals surface area (Å²) in [6.07, 6.45) is 4.95. The fraction of sp³-hybridized carbons (Fsp3) is 0.562. The van der Waals surface area contributed by atoms with Crippen LogP contribution in [0.1, 0.15) is 25.0 Å². The van der Waals surface area contributed by atoms with Crippen molar-refractivity contribution in [2.24, 2.45) is 11.5 Å². The van der Waals surface area contributed by atoms with Crippen molar-refractivity contribution in [1.82, 2.24) is 20.6 Å². The van der Waals surface area contributed by atoms with Crippen molar-refractivity contribution < 1.29 is 24.3 Å². The van der Waals surface area contributed by atoms with Crippen LogP contribution in [0.25, 0.3) is 0 Å². The van der Waals surface area contributed by atoms with Gasteiger partial charge in [-0.3, -0.25) is 14.4 Å². The maximum absolute atomic E-state index is 12.5. The van der Waals surface area contributed by atoms with Gasteiger partial charge in [0.05, 0.1) is 12.4 Å². The van der Waals surface area contributed by atoms with E-state index >= 15 is 0 Å². The normalized spacial score (nSPS) is 13.9. The van der Waals surface area contributed by atoms with Crippen LogP contribution in [0.4, 0.5) is 0 Å². The third kappa shape index (κ3) is 8.39. The molecule has 28 heavy (non-hydrogen) atoms. The zero-order valence-corrected chi connectivity index (χ0v) is 16.3. The number of hydrogen-bond acceptors (Lipinski definition) is 7. The third-order valence-electron chi connectivity index (χ3n) is 3.87. The van der Waals surface area contributed by atoms with E-state index < -0.39 is 41.8 Å². The van der Waals surface area contributed by atoms with Gasteiger partial charge in [0.2, 0.25) is 17.7 Å². The lowest BCUT2D eigenvalue weighted by atomic mass is 10.1. The summed E-state index contributed by atoms with van der Waals surface area (Å²) < 4.78 is 0. The smallest absolute Gasteiger partial charge is 0.326 e. The van der Waals surface area contributed by atoms with E-state index in [1.807, 2.05) is 6.26 Å². The number of carbonyl (C=O) groups excluding carboxylic acids is 3. The number of carboxylic acids is 1. The molecule has 0 fully saturated rings. The summed E-state index contributed by atoms with van der Waals surface area (Å²) in [5.41, 5.74) is 11.6. The molecule has 1 aromatic heterocycles. The van der Waals surface area contributed by atoms with E-state index in [0.29, 0.717) is 11.4 Å². The molecular formula is C16H26N6O5S. The SMILES string of the molecule is CSCCC(NC(=O)C(CCC(N)=O)NC(=O)C(N)Cc1cnc[nH]1)C(=O)O. The minimum atomic E-state index is -1.18. The minimum Gasteiger partial charge on any atom is -0.480 e. The van der Waals surface area contributed by atoms with Gasteiger partial charge < -0.3 is 32.2 Å². The number of carboxylic acid groups (broad SMARTS) is 1. The Hall–Kier alpha value is -2.60. The third-order valence-corrected chi connectivity index (χ3v) is 4.51. The van der Waals surface area contributed by atoms with Crippen LogP contribution in [-0.4, -0.2) is 68.9 Å². The molecule has 1 heterocycles. The van der Waals surface area contributed by atoms with Crippen LogP contribution >= 0.6 is 11.8 Å². The summed E-state index contributed by atoms with van der Waals surface area (Å²) in [5.74, 6) is -2.62. The molecule has 0 radical (unpaired) electrons. The van der Waals surface area contributed by atoms with E-state index in [9.17, 15) is 24.3 Å². The summed E-state index contributed by atoms with van der Waals surface area (Å²) in [5, 5.41) is 14.1. The monoisotopic (exact) mass is 414 g/mol. The number of nitrogens with one attached hydrogen (secondary N) is 3. The molecular weight excluding hydrogens is 388 g/mol. The lowest BCUT2D eigenvalue weighted by Crippen LogP contribution is -2.55. The Morgan fingerprint density at radius 3 is 2.43 bits per heavy atom. The van der Waals surface area contributed by atoms with E-state index in [4.69, 9.17) is 11.5 Å². The van der Waals surface area contributed by atoms with Crippen LogP contribution in [0.2, 0.25) is 0 Å². The molecule has 0 aliphatic heterocycles. The number of nitrogens with two attached hydrogens (primary N) is 2.